The number of nitrogens with one attached hydrogen (secondary N) is 1. The van der Waals surface area contributed by atoms with E-state index in [0.717, 1.165) is 19.8 Å². The third kappa shape index (κ3) is 1.46. The minimum absolute atomic E-state index is 0.425. The number of halogens is 2. The summed E-state index contributed by atoms with van der Waals surface area (Å²) in [4.78, 5) is 14.0. The van der Waals surface area contributed by atoms with Crippen molar-refractivity contribution < 1.29 is 4.79 Å². The molecular weight excluding hydrogens is 312 g/mol. The third-order valence-electron chi connectivity index (χ3n) is 1.99. The summed E-state index contributed by atoms with van der Waals surface area (Å²) in [6.07, 6.45) is 1.62. The summed E-state index contributed by atoms with van der Waals surface area (Å²) in [6.45, 7) is 0. The van der Waals surface area contributed by atoms with Crippen molar-refractivity contribution in [3.63, 3.8) is 0 Å². The van der Waals surface area contributed by atoms with E-state index in [1.165, 1.54) is 0 Å². The molecule has 1 aromatic carbocycles. The van der Waals surface area contributed by atoms with Crippen molar-refractivity contribution in [1.29, 1.82) is 0 Å². The molecule has 72 valence electrons. The van der Waals surface area contributed by atoms with Gasteiger partial charge >= 0.3 is 0 Å². The maximum absolute atomic E-state index is 11.0. The van der Waals surface area contributed by atoms with E-state index >= 15 is 0 Å². The lowest BCUT2D eigenvalue weighted by Gasteiger charge is -1.97. The molecule has 3 N–H and O–H groups in total. The molecular formula is C9H6Br2N2O. The van der Waals surface area contributed by atoms with E-state index in [4.69, 9.17) is 5.73 Å². The number of primary amides is 1. The Morgan fingerprint density at radius 1 is 1.29 bits per heavy atom. The summed E-state index contributed by atoms with van der Waals surface area (Å²) in [5, 5.41) is 0.826. The van der Waals surface area contributed by atoms with Crippen LogP contribution in [0.15, 0.2) is 27.3 Å². The number of amides is 1. The van der Waals surface area contributed by atoms with E-state index in [9.17, 15) is 4.79 Å². The van der Waals surface area contributed by atoms with Crippen molar-refractivity contribution in [2.45, 2.75) is 0 Å². The van der Waals surface area contributed by atoms with E-state index in [2.05, 4.69) is 36.8 Å². The van der Waals surface area contributed by atoms with Gasteiger partial charge in [0.2, 0.25) is 0 Å². The van der Waals surface area contributed by atoms with Gasteiger partial charge in [0, 0.05) is 26.0 Å². The second-order valence-corrected chi connectivity index (χ2v) is 4.59. The molecule has 0 saturated carbocycles. The maximum Gasteiger partial charge on any atom is 0.250 e. The standard InChI is InChI=1S/C9H6Br2N2O/c10-6-1-4-5(9(12)14)3-13-8(4)2-7(6)11/h1-3,13H,(H2,12,14). The number of hydrogen-bond acceptors (Lipinski definition) is 1. The number of aromatic amines is 1. The summed E-state index contributed by atoms with van der Waals surface area (Å²) in [5.74, 6) is -0.425. The first kappa shape index (κ1) is 9.73. The Hall–Kier alpha value is -0.810. The van der Waals surface area contributed by atoms with Crippen LogP contribution in [0.1, 0.15) is 10.4 Å². The highest BCUT2D eigenvalue weighted by atomic mass is 79.9. The lowest BCUT2D eigenvalue weighted by atomic mass is 10.2. The van der Waals surface area contributed by atoms with Crippen LogP contribution in [0.3, 0.4) is 0 Å². The number of fused-ring (bicyclic) bond motifs is 1. The Kier molecular flexibility index (Phi) is 2.36. The Labute approximate surface area is 96.9 Å². The molecule has 1 aromatic heterocycles. The van der Waals surface area contributed by atoms with Gasteiger partial charge in [0.1, 0.15) is 0 Å². The van der Waals surface area contributed by atoms with Crippen molar-refractivity contribution in [3.05, 3.63) is 32.8 Å². The Morgan fingerprint density at radius 2 is 1.93 bits per heavy atom. The molecule has 2 rings (SSSR count). The van der Waals surface area contributed by atoms with E-state index in [0.29, 0.717) is 5.56 Å². The number of carbonyl (C=O) groups excluding carboxylic acids is 1. The summed E-state index contributed by atoms with van der Waals surface area (Å²) >= 11 is 6.75. The number of H-pyrrole nitrogens is 1. The zero-order chi connectivity index (χ0) is 10.3. The molecule has 3 nitrogen and oxygen atoms in total. The zero-order valence-electron chi connectivity index (χ0n) is 6.97. The van der Waals surface area contributed by atoms with Gasteiger partial charge in [0.05, 0.1) is 5.56 Å². The Bertz CT molecular complexity index is 519. The molecule has 14 heavy (non-hydrogen) atoms. The van der Waals surface area contributed by atoms with Crippen LogP contribution in [-0.2, 0) is 0 Å². The van der Waals surface area contributed by atoms with Gasteiger partial charge in [-0.2, -0.15) is 0 Å². The number of nitrogens with two attached hydrogens (primary N) is 1. The third-order valence-corrected chi connectivity index (χ3v) is 3.83. The first-order valence-corrected chi connectivity index (χ1v) is 5.44. The van der Waals surface area contributed by atoms with Crippen LogP contribution in [-0.4, -0.2) is 10.9 Å². The van der Waals surface area contributed by atoms with Crippen LogP contribution < -0.4 is 5.73 Å². The first-order chi connectivity index (χ1) is 6.59. The van der Waals surface area contributed by atoms with Crippen LogP contribution >= 0.6 is 31.9 Å². The minimum Gasteiger partial charge on any atom is -0.366 e. The Balaban J connectivity index is 2.80. The van der Waals surface area contributed by atoms with Crippen LogP contribution in [0.25, 0.3) is 10.9 Å². The molecule has 0 saturated heterocycles. The largest absolute Gasteiger partial charge is 0.366 e. The molecule has 0 bridgehead atoms. The lowest BCUT2D eigenvalue weighted by molar-refractivity contribution is 0.100. The summed E-state index contributed by atoms with van der Waals surface area (Å²) < 4.78 is 1.83. The monoisotopic (exact) mass is 316 g/mol. The zero-order valence-corrected chi connectivity index (χ0v) is 10.1. The number of hydrogen-bond donors (Lipinski definition) is 2. The molecule has 0 aliphatic carbocycles. The lowest BCUT2D eigenvalue weighted by Crippen LogP contribution is -2.09. The van der Waals surface area contributed by atoms with Crippen LogP contribution in [0.5, 0.6) is 0 Å². The van der Waals surface area contributed by atoms with Gasteiger partial charge in [0.15, 0.2) is 0 Å². The molecule has 0 spiro atoms. The second kappa shape index (κ2) is 3.40. The van der Waals surface area contributed by atoms with Crippen LogP contribution in [0, 0.1) is 0 Å². The Morgan fingerprint density at radius 3 is 2.57 bits per heavy atom. The van der Waals surface area contributed by atoms with E-state index in [1.807, 2.05) is 12.1 Å². The van der Waals surface area contributed by atoms with E-state index in [-0.39, 0.29) is 0 Å². The van der Waals surface area contributed by atoms with Gasteiger partial charge in [-0.05, 0) is 44.0 Å². The van der Waals surface area contributed by atoms with Crippen molar-refractivity contribution in [1.82, 2.24) is 4.98 Å². The molecule has 0 aliphatic rings. The average Bonchev–Trinajstić information content (AvgIpc) is 2.48. The quantitative estimate of drug-likeness (QED) is 0.835. The highest BCUT2D eigenvalue weighted by Crippen LogP contribution is 2.29. The number of carbonyl (C=O) groups is 1. The summed E-state index contributed by atoms with van der Waals surface area (Å²) in [7, 11) is 0. The molecule has 0 aliphatic heterocycles. The van der Waals surface area contributed by atoms with Crippen molar-refractivity contribution >= 4 is 48.7 Å². The van der Waals surface area contributed by atoms with Gasteiger partial charge in [0.25, 0.3) is 5.91 Å². The van der Waals surface area contributed by atoms with Gasteiger partial charge in [-0.15, -0.1) is 0 Å². The molecule has 0 atom stereocenters. The molecule has 5 heteroatoms. The van der Waals surface area contributed by atoms with Gasteiger partial charge in [-0.1, -0.05) is 0 Å². The number of aromatic nitrogens is 1. The van der Waals surface area contributed by atoms with Crippen molar-refractivity contribution in [2.24, 2.45) is 5.73 Å². The fraction of sp³-hybridized carbons (Fsp3) is 0. The number of benzene rings is 1. The fourth-order valence-electron chi connectivity index (χ4n) is 1.32. The van der Waals surface area contributed by atoms with E-state index < -0.39 is 5.91 Å². The molecule has 2 aromatic rings. The van der Waals surface area contributed by atoms with Gasteiger partial charge in [-0.25, -0.2) is 0 Å². The predicted octanol–water partition coefficient (Wildman–Crippen LogP) is 2.79. The maximum atomic E-state index is 11.0. The van der Waals surface area contributed by atoms with E-state index in [1.54, 1.807) is 6.20 Å². The molecule has 1 amide bonds. The summed E-state index contributed by atoms with van der Waals surface area (Å²) in [5.41, 5.74) is 6.62. The average molecular weight is 318 g/mol. The van der Waals surface area contributed by atoms with Crippen molar-refractivity contribution in [2.75, 3.05) is 0 Å². The normalized spacial score (nSPS) is 10.7. The summed E-state index contributed by atoms with van der Waals surface area (Å²) in [6, 6.07) is 3.75. The van der Waals surface area contributed by atoms with Crippen LogP contribution in [0.2, 0.25) is 0 Å². The van der Waals surface area contributed by atoms with Crippen LogP contribution in [0.4, 0.5) is 0 Å². The topological polar surface area (TPSA) is 58.9 Å². The first-order valence-electron chi connectivity index (χ1n) is 3.85. The smallest absolute Gasteiger partial charge is 0.250 e. The predicted molar refractivity (Wildman–Crippen MR) is 62.2 cm³/mol. The molecule has 0 unspecified atom stereocenters. The second-order valence-electron chi connectivity index (χ2n) is 2.88. The van der Waals surface area contributed by atoms with Gasteiger partial charge < -0.3 is 10.7 Å². The molecule has 0 radical (unpaired) electrons. The number of rotatable bonds is 1. The van der Waals surface area contributed by atoms with Gasteiger partial charge in [-0.3, -0.25) is 4.79 Å². The molecule has 1 heterocycles. The highest BCUT2D eigenvalue weighted by molar-refractivity contribution is 9.13. The highest BCUT2D eigenvalue weighted by Gasteiger charge is 2.10. The minimum atomic E-state index is -0.425. The van der Waals surface area contributed by atoms with Crippen molar-refractivity contribution in [3.8, 4) is 0 Å². The fourth-order valence-corrected chi connectivity index (χ4v) is 2.01. The SMILES string of the molecule is NC(=O)c1c[nH]c2cc(Br)c(Br)cc12. The molecule has 0 fully saturated rings.